The number of hydrogen-bond donors (Lipinski definition) is 0. The molecule has 0 radical (unpaired) electrons. The van der Waals surface area contributed by atoms with Crippen molar-refractivity contribution in [2.45, 2.75) is 20.8 Å². The molecule has 0 aliphatic carbocycles. The van der Waals surface area contributed by atoms with Crippen LogP contribution in [-0.2, 0) is 14.3 Å². The predicted octanol–water partition coefficient (Wildman–Crippen LogP) is 4.27. The zero-order valence-corrected chi connectivity index (χ0v) is 18.1. The minimum absolute atomic E-state index is 0.205. The molecule has 3 aromatic rings. The van der Waals surface area contributed by atoms with Crippen molar-refractivity contribution in [1.29, 1.82) is 0 Å². The second-order valence-electron chi connectivity index (χ2n) is 7.09. The van der Waals surface area contributed by atoms with Gasteiger partial charge in [-0.15, -0.1) is 0 Å². The molecule has 1 aromatic heterocycles. The maximum atomic E-state index is 12.2. The summed E-state index contributed by atoms with van der Waals surface area (Å²) in [5, 5.41) is 4.73. The molecule has 31 heavy (non-hydrogen) atoms. The lowest BCUT2D eigenvalue weighted by Gasteiger charge is -2.17. The van der Waals surface area contributed by atoms with E-state index >= 15 is 0 Å². The lowest BCUT2D eigenvalue weighted by atomic mass is 10.1. The average Bonchev–Trinajstić information content (AvgIpc) is 3.22. The zero-order valence-electron chi connectivity index (χ0n) is 18.1. The van der Waals surface area contributed by atoms with Gasteiger partial charge in [0, 0.05) is 36.5 Å². The number of amides is 1. The van der Waals surface area contributed by atoms with Crippen molar-refractivity contribution < 1.29 is 14.3 Å². The average molecular weight is 418 g/mol. The largest absolute Gasteiger partial charge is 0.452 e. The Morgan fingerprint density at radius 2 is 1.71 bits per heavy atom. The summed E-state index contributed by atoms with van der Waals surface area (Å²) in [6.45, 7) is 6.71. The Morgan fingerprint density at radius 1 is 1.03 bits per heavy atom. The molecule has 0 bridgehead atoms. The molecule has 0 unspecified atom stereocenters. The Balaban J connectivity index is 1.82. The highest BCUT2D eigenvalue weighted by molar-refractivity contribution is 5.90. The van der Waals surface area contributed by atoms with Gasteiger partial charge in [-0.25, -0.2) is 9.48 Å². The van der Waals surface area contributed by atoms with Crippen LogP contribution in [0.4, 0.5) is 0 Å². The monoisotopic (exact) mass is 417 g/mol. The van der Waals surface area contributed by atoms with Gasteiger partial charge in [-0.05, 0) is 39.0 Å². The van der Waals surface area contributed by atoms with Crippen molar-refractivity contribution >= 4 is 18.0 Å². The minimum atomic E-state index is -0.567. The van der Waals surface area contributed by atoms with E-state index in [0.29, 0.717) is 13.1 Å². The van der Waals surface area contributed by atoms with Crippen LogP contribution in [-0.4, -0.2) is 46.3 Å². The molecule has 3 rings (SSSR count). The van der Waals surface area contributed by atoms with Crippen LogP contribution in [0.2, 0.25) is 0 Å². The summed E-state index contributed by atoms with van der Waals surface area (Å²) in [7, 11) is 0. The van der Waals surface area contributed by atoms with Crippen LogP contribution in [0.3, 0.4) is 0 Å². The summed E-state index contributed by atoms with van der Waals surface area (Å²) in [5.41, 5.74) is 4.56. The molecule has 0 aliphatic heterocycles. The van der Waals surface area contributed by atoms with Gasteiger partial charge >= 0.3 is 5.97 Å². The van der Waals surface area contributed by atoms with E-state index in [-0.39, 0.29) is 12.5 Å². The third-order valence-corrected chi connectivity index (χ3v) is 4.94. The Hall–Kier alpha value is -3.67. The fraction of sp³-hybridized carbons (Fsp3) is 0.240. The summed E-state index contributed by atoms with van der Waals surface area (Å²) in [5.74, 6) is -0.771. The Bertz CT molecular complexity index is 1050. The number of rotatable bonds is 8. The Labute approximate surface area is 182 Å². The molecule has 160 valence electrons. The molecule has 0 saturated heterocycles. The summed E-state index contributed by atoms with van der Waals surface area (Å²) >= 11 is 0. The van der Waals surface area contributed by atoms with Crippen LogP contribution in [0.1, 0.15) is 25.0 Å². The molecule has 2 aromatic carbocycles. The maximum absolute atomic E-state index is 12.2. The summed E-state index contributed by atoms with van der Waals surface area (Å²) in [6, 6.07) is 17.8. The number of aryl methyl sites for hydroxylation is 1. The number of para-hydroxylation sites is 1. The summed E-state index contributed by atoms with van der Waals surface area (Å²) in [6.07, 6.45) is 4.88. The highest BCUT2D eigenvalue weighted by Gasteiger charge is 2.13. The van der Waals surface area contributed by atoms with Gasteiger partial charge in [-0.2, -0.15) is 5.10 Å². The number of benzene rings is 2. The number of esters is 1. The highest BCUT2D eigenvalue weighted by Crippen LogP contribution is 2.25. The second kappa shape index (κ2) is 10.4. The lowest BCUT2D eigenvalue weighted by molar-refractivity contribution is -0.147. The zero-order chi connectivity index (χ0) is 22.2. The Kier molecular flexibility index (Phi) is 7.38. The molecule has 6 nitrogen and oxygen atoms in total. The predicted molar refractivity (Wildman–Crippen MR) is 122 cm³/mol. The molecular formula is C25H27N3O3. The lowest BCUT2D eigenvalue weighted by Crippen LogP contribution is -2.34. The number of nitrogens with zero attached hydrogens (tertiary/aromatic N) is 3. The number of ether oxygens (including phenoxy) is 1. The van der Waals surface area contributed by atoms with E-state index in [0.717, 1.165) is 28.1 Å². The molecule has 1 amide bonds. The van der Waals surface area contributed by atoms with E-state index < -0.39 is 5.97 Å². The van der Waals surface area contributed by atoms with Gasteiger partial charge in [0.15, 0.2) is 6.61 Å². The molecule has 1 heterocycles. The van der Waals surface area contributed by atoms with Crippen molar-refractivity contribution in [2.75, 3.05) is 19.7 Å². The van der Waals surface area contributed by atoms with Crippen LogP contribution in [0.25, 0.3) is 23.0 Å². The maximum Gasteiger partial charge on any atom is 0.331 e. The van der Waals surface area contributed by atoms with E-state index in [1.807, 2.05) is 81.6 Å². The fourth-order valence-electron chi connectivity index (χ4n) is 3.16. The molecule has 0 spiro atoms. The van der Waals surface area contributed by atoms with Gasteiger partial charge in [0.05, 0.1) is 11.4 Å². The number of carbonyl (C=O) groups excluding carboxylic acids is 2. The molecule has 6 heteroatoms. The fourth-order valence-corrected chi connectivity index (χ4v) is 3.16. The first-order valence-corrected chi connectivity index (χ1v) is 10.4. The Morgan fingerprint density at radius 3 is 2.35 bits per heavy atom. The third kappa shape index (κ3) is 5.69. The van der Waals surface area contributed by atoms with Crippen LogP contribution < -0.4 is 0 Å². The van der Waals surface area contributed by atoms with E-state index in [1.54, 1.807) is 15.7 Å². The van der Waals surface area contributed by atoms with E-state index in [1.165, 1.54) is 6.08 Å². The first-order chi connectivity index (χ1) is 15.0. The second-order valence-corrected chi connectivity index (χ2v) is 7.09. The smallest absolute Gasteiger partial charge is 0.331 e. The number of aromatic nitrogens is 2. The van der Waals surface area contributed by atoms with E-state index in [4.69, 9.17) is 9.84 Å². The van der Waals surface area contributed by atoms with Gasteiger partial charge in [0.1, 0.15) is 0 Å². The molecular weight excluding hydrogens is 390 g/mol. The van der Waals surface area contributed by atoms with Gasteiger partial charge in [-0.1, -0.05) is 48.0 Å². The number of likely N-dealkylation sites (N-methyl/N-ethyl adjacent to an activating group) is 1. The van der Waals surface area contributed by atoms with Crippen LogP contribution in [0, 0.1) is 6.92 Å². The van der Waals surface area contributed by atoms with Gasteiger partial charge in [-0.3, -0.25) is 4.79 Å². The van der Waals surface area contributed by atoms with Crippen molar-refractivity contribution in [1.82, 2.24) is 14.7 Å². The molecule has 0 saturated carbocycles. The topological polar surface area (TPSA) is 64.4 Å². The SMILES string of the molecule is CCN(CC)C(=O)COC(=O)/C=C/c1cn(-c2ccccc2)nc1-c1ccc(C)cc1. The molecule has 0 N–H and O–H groups in total. The molecule has 0 aliphatic rings. The first-order valence-electron chi connectivity index (χ1n) is 10.4. The van der Waals surface area contributed by atoms with Gasteiger partial charge in [0.25, 0.3) is 5.91 Å². The standard InChI is InChI=1S/C25H27N3O3/c1-4-27(5-2)23(29)18-31-24(30)16-15-21-17-28(22-9-7-6-8-10-22)26-25(21)20-13-11-19(3)12-14-20/h6-17H,4-5,18H2,1-3H3/b16-15+. The first kappa shape index (κ1) is 22.0. The minimum Gasteiger partial charge on any atom is -0.452 e. The summed E-state index contributed by atoms with van der Waals surface area (Å²) < 4.78 is 6.90. The van der Waals surface area contributed by atoms with E-state index in [9.17, 15) is 9.59 Å². The van der Waals surface area contributed by atoms with Crippen molar-refractivity contribution in [2.24, 2.45) is 0 Å². The third-order valence-electron chi connectivity index (χ3n) is 4.94. The normalized spacial score (nSPS) is 10.9. The van der Waals surface area contributed by atoms with Gasteiger partial charge in [0.2, 0.25) is 0 Å². The van der Waals surface area contributed by atoms with Crippen molar-refractivity contribution in [3.8, 4) is 16.9 Å². The highest BCUT2D eigenvalue weighted by atomic mass is 16.5. The van der Waals surface area contributed by atoms with Gasteiger partial charge < -0.3 is 9.64 Å². The number of carbonyl (C=O) groups is 2. The van der Waals surface area contributed by atoms with Crippen molar-refractivity contribution in [3.63, 3.8) is 0 Å². The quantitative estimate of drug-likeness (QED) is 0.406. The van der Waals surface area contributed by atoms with E-state index in [2.05, 4.69) is 0 Å². The summed E-state index contributed by atoms with van der Waals surface area (Å²) in [4.78, 5) is 25.8. The molecule has 0 fully saturated rings. The van der Waals surface area contributed by atoms with Crippen molar-refractivity contribution in [3.05, 3.63) is 78.0 Å². The van der Waals surface area contributed by atoms with Crippen LogP contribution in [0.15, 0.2) is 66.9 Å². The number of hydrogen-bond acceptors (Lipinski definition) is 4. The molecule has 0 atom stereocenters. The van der Waals surface area contributed by atoms with Crippen LogP contribution >= 0.6 is 0 Å². The van der Waals surface area contributed by atoms with Crippen LogP contribution in [0.5, 0.6) is 0 Å².